The van der Waals surface area contributed by atoms with Gasteiger partial charge in [-0.25, -0.2) is 4.98 Å². The minimum absolute atomic E-state index is 0.0948. The van der Waals surface area contributed by atoms with E-state index in [4.69, 9.17) is 4.98 Å². The van der Waals surface area contributed by atoms with Gasteiger partial charge in [-0.05, 0) is 51.1 Å². The number of aromatic nitrogens is 1. The van der Waals surface area contributed by atoms with Crippen LogP contribution in [-0.4, -0.2) is 39.8 Å². The molecule has 1 saturated heterocycles. The van der Waals surface area contributed by atoms with Crippen LogP contribution in [0, 0.1) is 10.1 Å². The molecule has 1 aliphatic rings. The number of benzene rings is 2. The molecule has 1 unspecified atom stereocenters. The number of thiazole rings is 1. The van der Waals surface area contributed by atoms with Crippen molar-refractivity contribution in [3.63, 3.8) is 0 Å². The third-order valence-electron chi connectivity index (χ3n) is 5.47. The summed E-state index contributed by atoms with van der Waals surface area (Å²) in [4.78, 5) is 30.2. The predicted molar refractivity (Wildman–Crippen MR) is 114 cm³/mol. The Bertz CT molecular complexity index is 1010. The van der Waals surface area contributed by atoms with E-state index in [9.17, 15) is 14.9 Å². The van der Waals surface area contributed by atoms with E-state index < -0.39 is 4.92 Å². The first kappa shape index (κ1) is 19.5. The van der Waals surface area contributed by atoms with Gasteiger partial charge in [0.15, 0.2) is 0 Å². The number of likely N-dealkylation sites (tertiary alicyclic amines) is 1. The first-order valence-electron chi connectivity index (χ1n) is 9.66. The fourth-order valence-corrected chi connectivity index (χ4v) is 4.88. The molecule has 1 fully saturated rings. The third-order valence-corrected chi connectivity index (χ3v) is 6.67. The molecule has 150 valence electrons. The van der Waals surface area contributed by atoms with Gasteiger partial charge in [-0.1, -0.05) is 24.3 Å². The van der Waals surface area contributed by atoms with Crippen LogP contribution >= 0.6 is 11.3 Å². The Kier molecular flexibility index (Phi) is 5.55. The number of piperidine rings is 1. The first-order chi connectivity index (χ1) is 14.0. The van der Waals surface area contributed by atoms with Gasteiger partial charge in [-0.3, -0.25) is 19.8 Å². The van der Waals surface area contributed by atoms with E-state index in [1.54, 1.807) is 29.5 Å². The maximum atomic E-state index is 12.7. The number of anilines is 1. The Balaban J connectivity index is 1.38. The molecule has 1 aromatic heterocycles. The van der Waals surface area contributed by atoms with Crippen molar-refractivity contribution in [3.8, 4) is 0 Å². The number of nitro groups is 1. The van der Waals surface area contributed by atoms with Crippen LogP contribution in [0.25, 0.3) is 10.2 Å². The van der Waals surface area contributed by atoms with Crippen molar-refractivity contribution in [2.45, 2.75) is 31.7 Å². The molecule has 1 atom stereocenters. The lowest BCUT2D eigenvalue weighted by Gasteiger charge is -2.34. The van der Waals surface area contributed by atoms with E-state index in [1.807, 2.05) is 25.1 Å². The summed E-state index contributed by atoms with van der Waals surface area (Å²) in [6.07, 6.45) is 1.89. The molecule has 3 aromatic rings. The Morgan fingerprint density at radius 2 is 1.90 bits per heavy atom. The third kappa shape index (κ3) is 4.13. The number of carbonyl (C=O) groups excluding carboxylic acids is 1. The molecule has 2 heterocycles. The maximum absolute atomic E-state index is 12.7. The summed E-state index contributed by atoms with van der Waals surface area (Å²) in [5.74, 6) is 0.187. The Labute approximate surface area is 172 Å². The van der Waals surface area contributed by atoms with E-state index in [0.29, 0.717) is 5.92 Å². The van der Waals surface area contributed by atoms with Crippen LogP contribution in [0.15, 0.2) is 48.5 Å². The van der Waals surface area contributed by atoms with Gasteiger partial charge in [0.05, 0.1) is 26.2 Å². The lowest BCUT2D eigenvalue weighted by molar-refractivity contribution is -0.383. The molecule has 2 aromatic carbocycles. The highest BCUT2D eigenvalue weighted by Gasteiger charge is 2.29. The normalized spacial score (nSPS) is 16.6. The van der Waals surface area contributed by atoms with Gasteiger partial charge in [0.25, 0.3) is 5.69 Å². The molecule has 0 radical (unpaired) electrons. The van der Waals surface area contributed by atoms with Crippen molar-refractivity contribution < 1.29 is 9.72 Å². The van der Waals surface area contributed by atoms with Crippen molar-refractivity contribution in [1.82, 2.24) is 9.88 Å². The summed E-state index contributed by atoms with van der Waals surface area (Å²) in [5, 5.41) is 15.0. The number of rotatable bonds is 5. The second kappa shape index (κ2) is 8.26. The highest BCUT2D eigenvalue weighted by atomic mass is 32.1. The first-order valence-corrected chi connectivity index (χ1v) is 10.5. The fourth-order valence-electron chi connectivity index (χ4n) is 3.74. The van der Waals surface area contributed by atoms with Crippen LogP contribution in [0.1, 0.15) is 30.7 Å². The van der Waals surface area contributed by atoms with Gasteiger partial charge in [-0.15, -0.1) is 11.3 Å². The van der Waals surface area contributed by atoms with Gasteiger partial charge >= 0.3 is 0 Å². The number of fused-ring (bicyclic) bond motifs is 1. The molecular weight excluding hydrogens is 388 g/mol. The standard InChI is InChI=1S/C21H22N4O3S/c1-14(20(26)22-16-6-2-4-8-18(16)25(27)28)24-12-10-15(11-13-24)21-23-17-7-3-5-9-19(17)29-21/h2-9,14-15H,10-13H2,1H3,(H,22,26). The zero-order valence-corrected chi connectivity index (χ0v) is 16.9. The number of nitrogens with zero attached hydrogens (tertiary/aromatic N) is 3. The monoisotopic (exact) mass is 410 g/mol. The minimum atomic E-state index is -0.482. The van der Waals surface area contributed by atoms with Gasteiger partial charge in [0.2, 0.25) is 5.91 Å². The Hall–Kier alpha value is -2.84. The number of para-hydroxylation sites is 3. The maximum Gasteiger partial charge on any atom is 0.292 e. The topological polar surface area (TPSA) is 88.4 Å². The van der Waals surface area contributed by atoms with Crippen molar-refractivity contribution >= 4 is 38.8 Å². The zero-order chi connectivity index (χ0) is 20.4. The van der Waals surface area contributed by atoms with Crippen molar-refractivity contribution in [3.05, 3.63) is 63.7 Å². The average Bonchev–Trinajstić information content (AvgIpc) is 3.18. The molecule has 1 N–H and O–H groups in total. The van der Waals surface area contributed by atoms with E-state index in [-0.39, 0.29) is 23.3 Å². The second-order valence-electron chi connectivity index (χ2n) is 7.27. The van der Waals surface area contributed by atoms with Crippen molar-refractivity contribution in [2.75, 3.05) is 18.4 Å². The minimum Gasteiger partial charge on any atom is -0.319 e. The largest absolute Gasteiger partial charge is 0.319 e. The highest BCUT2D eigenvalue weighted by Crippen LogP contribution is 2.34. The van der Waals surface area contributed by atoms with Crippen LogP contribution < -0.4 is 5.32 Å². The Morgan fingerprint density at radius 1 is 1.21 bits per heavy atom. The summed E-state index contributed by atoms with van der Waals surface area (Å²) in [6.45, 7) is 3.44. The second-order valence-corrected chi connectivity index (χ2v) is 8.33. The molecule has 1 amide bonds. The van der Waals surface area contributed by atoms with Gasteiger partial charge < -0.3 is 5.32 Å². The number of hydrogen-bond acceptors (Lipinski definition) is 6. The number of amides is 1. The number of nitrogens with one attached hydrogen (secondary N) is 1. The molecule has 8 heteroatoms. The molecule has 1 aliphatic heterocycles. The summed E-state index contributed by atoms with van der Waals surface area (Å²) in [6, 6.07) is 14.0. The lowest BCUT2D eigenvalue weighted by atomic mass is 9.96. The van der Waals surface area contributed by atoms with Crippen LogP contribution in [0.4, 0.5) is 11.4 Å². The lowest BCUT2D eigenvalue weighted by Crippen LogP contribution is -2.45. The molecule has 0 bridgehead atoms. The molecule has 29 heavy (non-hydrogen) atoms. The highest BCUT2D eigenvalue weighted by molar-refractivity contribution is 7.18. The predicted octanol–water partition coefficient (Wildman–Crippen LogP) is 4.41. The Morgan fingerprint density at radius 3 is 2.62 bits per heavy atom. The van der Waals surface area contributed by atoms with E-state index >= 15 is 0 Å². The average molecular weight is 410 g/mol. The van der Waals surface area contributed by atoms with Crippen molar-refractivity contribution in [2.24, 2.45) is 0 Å². The number of nitro benzene ring substituents is 1. The smallest absolute Gasteiger partial charge is 0.292 e. The molecule has 4 rings (SSSR count). The van der Waals surface area contributed by atoms with Crippen LogP contribution in [0.3, 0.4) is 0 Å². The van der Waals surface area contributed by atoms with Crippen molar-refractivity contribution in [1.29, 1.82) is 0 Å². The molecule has 0 saturated carbocycles. The fraction of sp³-hybridized carbons (Fsp3) is 0.333. The SMILES string of the molecule is CC(C(=O)Nc1ccccc1[N+](=O)[O-])N1CCC(c2nc3ccccc3s2)CC1. The van der Waals surface area contributed by atoms with Crippen LogP contribution in [0.2, 0.25) is 0 Å². The van der Waals surface area contributed by atoms with Gasteiger partial charge in [-0.2, -0.15) is 0 Å². The van der Waals surface area contributed by atoms with E-state index in [0.717, 1.165) is 31.4 Å². The molecule has 0 spiro atoms. The summed E-state index contributed by atoms with van der Waals surface area (Å²) >= 11 is 1.75. The van der Waals surface area contributed by atoms with Gasteiger partial charge in [0.1, 0.15) is 5.69 Å². The van der Waals surface area contributed by atoms with Crippen LogP contribution in [0.5, 0.6) is 0 Å². The number of carbonyl (C=O) groups is 1. The summed E-state index contributed by atoms with van der Waals surface area (Å²) in [5.41, 5.74) is 1.19. The summed E-state index contributed by atoms with van der Waals surface area (Å²) < 4.78 is 1.21. The van der Waals surface area contributed by atoms with Crippen LogP contribution in [-0.2, 0) is 4.79 Å². The zero-order valence-electron chi connectivity index (χ0n) is 16.1. The molecule has 7 nitrogen and oxygen atoms in total. The summed E-state index contributed by atoms with van der Waals surface area (Å²) in [7, 11) is 0. The molecule has 0 aliphatic carbocycles. The van der Waals surface area contributed by atoms with E-state index in [2.05, 4.69) is 16.3 Å². The van der Waals surface area contributed by atoms with E-state index in [1.165, 1.54) is 15.8 Å². The number of hydrogen-bond donors (Lipinski definition) is 1. The molecular formula is C21H22N4O3S. The van der Waals surface area contributed by atoms with Gasteiger partial charge in [0, 0.05) is 12.0 Å². The quantitative estimate of drug-likeness (QED) is 0.497.